The van der Waals surface area contributed by atoms with E-state index in [1.807, 2.05) is 0 Å². The van der Waals surface area contributed by atoms with Gasteiger partial charge in [0.1, 0.15) is 6.54 Å². The van der Waals surface area contributed by atoms with Gasteiger partial charge in [0.15, 0.2) is 6.61 Å². The molecule has 158 valence electrons. The van der Waals surface area contributed by atoms with Crippen LogP contribution in [0.4, 0.5) is 13.2 Å². The normalized spacial score (nSPS) is 11.5. The van der Waals surface area contributed by atoms with Gasteiger partial charge in [-0.2, -0.15) is 13.2 Å². The van der Waals surface area contributed by atoms with Gasteiger partial charge in [-0.25, -0.2) is 4.98 Å². The zero-order valence-corrected chi connectivity index (χ0v) is 16.7. The SMILES string of the molecule is O=C(COC(=O)Cn1c(C(F)(F)F)nc2ccccc21)NCc1ccc(Cl)cc1Cl. The Morgan fingerprint density at radius 2 is 1.87 bits per heavy atom. The van der Waals surface area contributed by atoms with Gasteiger partial charge in [0.05, 0.1) is 11.0 Å². The summed E-state index contributed by atoms with van der Waals surface area (Å²) >= 11 is 11.8. The molecule has 1 heterocycles. The average Bonchev–Trinajstić information content (AvgIpc) is 3.05. The summed E-state index contributed by atoms with van der Waals surface area (Å²) in [4.78, 5) is 27.5. The van der Waals surface area contributed by atoms with Crippen LogP contribution >= 0.6 is 23.2 Å². The summed E-state index contributed by atoms with van der Waals surface area (Å²) in [6, 6.07) is 10.6. The molecule has 1 amide bonds. The Hall–Kier alpha value is -2.78. The van der Waals surface area contributed by atoms with Crippen LogP contribution in [0.2, 0.25) is 10.0 Å². The highest BCUT2D eigenvalue weighted by atomic mass is 35.5. The number of imidazole rings is 1. The molecule has 0 spiro atoms. The number of aromatic nitrogens is 2. The number of nitrogens with one attached hydrogen (secondary N) is 1. The van der Waals surface area contributed by atoms with Crippen LogP contribution in [0.3, 0.4) is 0 Å². The van der Waals surface area contributed by atoms with Crippen LogP contribution in [0, 0.1) is 0 Å². The number of benzene rings is 2. The summed E-state index contributed by atoms with van der Waals surface area (Å²) in [5.74, 6) is -2.87. The number of fused-ring (bicyclic) bond motifs is 1. The molecular formula is C19H14Cl2F3N3O3. The van der Waals surface area contributed by atoms with Crippen molar-refractivity contribution in [1.29, 1.82) is 0 Å². The fourth-order valence-electron chi connectivity index (χ4n) is 2.68. The van der Waals surface area contributed by atoms with Gasteiger partial charge < -0.3 is 14.6 Å². The number of nitrogens with zero attached hydrogens (tertiary/aromatic N) is 2. The summed E-state index contributed by atoms with van der Waals surface area (Å²) in [6.07, 6.45) is -4.76. The smallest absolute Gasteiger partial charge is 0.449 e. The first-order valence-electron chi connectivity index (χ1n) is 8.54. The zero-order chi connectivity index (χ0) is 21.9. The second kappa shape index (κ2) is 8.93. The number of hydrogen-bond donors (Lipinski definition) is 1. The van der Waals surface area contributed by atoms with Crippen LogP contribution in [0.1, 0.15) is 11.4 Å². The second-order valence-corrected chi connectivity index (χ2v) is 7.02. The fraction of sp³-hybridized carbons (Fsp3) is 0.211. The minimum Gasteiger partial charge on any atom is -0.454 e. The Kier molecular flexibility index (Phi) is 6.52. The van der Waals surface area contributed by atoms with Crippen LogP contribution in [-0.4, -0.2) is 28.0 Å². The molecule has 0 bridgehead atoms. The van der Waals surface area contributed by atoms with Crippen molar-refractivity contribution < 1.29 is 27.5 Å². The zero-order valence-electron chi connectivity index (χ0n) is 15.2. The van der Waals surface area contributed by atoms with Gasteiger partial charge in [0.2, 0.25) is 5.82 Å². The van der Waals surface area contributed by atoms with E-state index in [9.17, 15) is 22.8 Å². The summed E-state index contributed by atoms with van der Waals surface area (Å²) in [5, 5.41) is 3.29. The maximum Gasteiger partial charge on any atom is 0.449 e. The summed E-state index contributed by atoms with van der Waals surface area (Å²) in [7, 11) is 0. The molecule has 0 aliphatic carbocycles. The fourth-order valence-corrected chi connectivity index (χ4v) is 3.16. The van der Waals surface area contributed by atoms with E-state index in [0.717, 1.165) is 0 Å². The molecule has 0 unspecified atom stereocenters. The van der Waals surface area contributed by atoms with Gasteiger partial charge >= 0.3 is 12.1 Å². The third kappa shape index (κ3) is 5.22. The minimum absolute atomic E-state index is 0.0662. The molecule has 0 saturated carbocycles. The monoisotopic (exact) mass is 459 g/mol. The molecule has 0 fully saturated rings. The Morgan fingerprint density at radius 1 is 1.13 bits per heavy atom. The first-order chi connectivity index (χ1) is 14.1. The second-order valence-electron chi connectivity index (χ2n) is 6.18. The first kappa shape index (κ1) is 21.9. The largest absolute Gasteiger partial charge is 0.454 e. The number of carbonyl (C=O) groups is 2. The molecule has 0 atom stereocenters. The highest BCUT2D eigenvalue weighted by molar-refractivity contribution is 6.35. The van der Waals surface area contributed by atoms with Crippen molar-refractivity contribution >= 4 is 46.1 Å². The van der Waals surface area contributed by atoms with Gasteiger partial charge in [-0.3, -0.25) is 9.59 Å². The van der Waals surface area contributed by atoms with Crippen LogP contribution in [0.5, 0.6) is 0 Å². The third-order valence-electron chi connectivity index (χ3n) is 4.05. The molecule has 3 rings (SSSR count). The van der Waals surface area contributed by atoms with Gasteiger partial charge in [0, 0.05) is 16.6 Å². The molecule has 11 heteroatoms. The highest BCUT2D eigenvalue weighted by Gasteiger charge is 2.38. The number of halogens is 5. The predicted molar refractivity (Wildman–Crippen MR) is 104 cm³/mol. The van der Waals surface area contributed by atoms with Gasteiger partial charge in [0.25, 0.3) is 5.91 Å². The summed E-state index contributed by atoms with van der Waals surface area (Å²) in [6.45, 7) is -1.33. The first-order valence-corrected chi connectivity index (χ1v) is 9.29. The quantitative estimate of drug-likeness (QED) is 0.560. The van der Waals surface area contributed by atoms with Gasteiger partial charge in [-0.05, 0) is 29.8 Å². The lowest BCUT2D eigenvalue weighted by Gasteiger charge is -2.11. The van der Waals surface area contributed by atoms with E-state index in [-0.39, 0.29) is 17.6 Å². The van der Waals surface area contributed by atoms with Crippen LogP contribution in [0.15, 0.2) is 42.5 Å². The number of para-hydroxylation sites is 2. The molecule has 2 aromatic carbocycles. The molecular weight excluding hydrogens is 446 g/mol. The molecule has 0 aliphatic heterocycles. The van der Waals surface area contributed by atoms with E-state index in [1.165, 1.54) is 30.3 Å². The van der Waals surface area contributed by atoms with Crippen molar-refractivity contribution in [2.45, 2.75) is 19.3 Å². The van der Waals surface area contributed by atoms with Crippen LogP contribution < -0.4 is 5.32 Å². The van der Waals surface area contributed by atoms with E-state index >= 15 is 0 Å². The van der Waals surface area contributed by atoms with Gasteiger partial charge in [-0.1, -0.05) is 41.4 Å². The van der Waals surface area contributed by atoms with Crippen molar-refractivity contribution in [2.75, 3.05) is 6.61 Å². The standard InChI is InChI=1S/C19H14Cl2F3N3O3/c20-12-6-5-11(13(21)7-12)8-25-16(28)10-30-17(29)9-27-15-4-2-1-3-14(15)26-18(27)19(22,23)24/h1-7H,8-10H2,(H,25,28). The van der Waals surface area contributed by atoms with Crippen LogP contribution in [0.25, 0.3) is 11.0 Å². The minimum atomic E-state index is -4.76. The van der Waals surface area contributed by atoms with Crippen molar-refractivity contribution in [2.24, 2.45) is 0 Å². The van der Waals surface area contributed by atoms with E-state index in [1.54, 1.807) is 12.1 Å². The molecule has 0 saturated heterocycles. The van der Waals surface area contributed by atoms with Gasteiger partial charge in [-0.15, -0.1) is 0 Å². The van der Waals surface area contributed by atoms with E-state index in [2.05, 4.69) is 10.3 Å². The summed E-state index contributed by atoms with van der Waals surface area (Å²) in [5.41, 5.74) is 0.819. The number of alkyl halides is 3. The Labute approximate surface area is 178 Å². The Morgan fingerprint density at radius 3 is 2.57 bits per heavy atom. The van der Waals surface area contributed by atoms with E-state index in [4.69, 9.17) is 27.9 Å². The van der Waals surface area contributed by atoms with E-state index < -0.39 is 37.0 Å². The summed E-state index contributed by atoms with van der Waals surface area (Å²) < 4.78 is 45.3. The molecule has 0 aliphatic rings. The number of rotatable bonds is 6. The van der Waals surface area contributed by atoms with E-state index in [0.29, 0.717) is 20.2 Å². The maximum atomic E-state index is 13.3. The lowest BCUT2D eigenvalue weighted by molar-refractivity contribution is -0.153. The number of esters is 1. The molecule has 3 aromatic rings. The number of ether oxygens (including phenoxy) is 1. The Balaban J connectivity index is 1.60. The van der Waals surface area contributed by atoms with Crippen molar-refractivity contribution in [3.63, 3.8) is 0 Å². The van der Waals surface area contributed by atoms with Crippen molar-refractivity contribution in [3.05, 3.63) is 63.9 Å². The molecule has 6 nitrogen and oxygen atoms in total. The topological polar surface area (TPSA) is 73.2 Å². The molecule has 30 heavy (non-hydrogen) atoms. The average molecular weight is 460 g/mol. The van der Waals surface area contributed by atoms with Crippen molar-refractivity contribution in [1.82, 2.24) is 14.9 Å². The lowest BCUT2D eigenvalue weighted by Crippen LogP contribution is -2.29. The Bertz CT molecular complexity index is 1100. The highest BCUT2D eigenvalue weighted by Crippen LogP contribution is 2.31. The molecule has 1 N–H and O–H groups in total. The lowest BCUT2D eigenvalue weighted by atomic mass is 10.2. The number of carbonyl (C=O) groups excluding carboxylic acids is 2. The number of hydrogen-bond acceptors (Lipinski definition) is 4. The van der Waals surface area contributed by atoms with Crippen molar-refractivity contribution in [3.8, 4) is 0 Å². The third-order valence-corrected chi connectivity index (χ3v) is 4.64. The predicted octanol–water partition coefficient (Wildman–Crippen LogP) is 4.22. The molecule has 0 radical (unpaired) electrons. The molecule has 1 aromatic heterocycles. The maximum absolute atomic E-state index is 13.3. The van der Waals surface area contributed by atoms with Crippen LogP contribution in [-0.2, 0) is 33.6 Å². The number of amides is 1.